The Morgan fingerprint density at radius 2 is 1.80 bits per heavy atom. The summed E-state index contributed by atoms with van der Waals surface area (Å²) in [6.45, 7) is 0.715. The van der Waals surface area contributed by atoms with E-state index in [9.17, 15) is 14.0 Å². The lowest BCUT2D eigenvalue weighted by Gasteiger charge is -2.08. The van der Waals surface area contributed by atoms with Crippen LogP contribution in [-0.2, 0) is 11.2 Å². The molecule has 5 nitrogen and oxygen atoms in total. The van der Waals surface area contributed by atoms with Crippen LogP contribution in [0.25, 0.3) is 0 Å². The summed E-state index contributed by atoms with van der Waals surface area (Å²) in [5, 5.41) is 5.47. The van der Waals surface area contributed by atoms with E-state index in [0.29, 0.717) is 24.3 Å². The first kappa shape index (κ1) is 18.4. The molecule has 2 N–H and O–H groups in total. The molecule has 0 aliphatic heterocycles. The van der Waals surface area contributed by atoms with Crippen LogP contribution >= 0.6 is 0 Å². The predicted octanol–water partition coefficient (Wildman–Crippen LogP) is 2.31. The van der Waals surface area contributed by atoms with Gasteiger partial charge in [0.05, 0.1) is 7.11 Å². The number of rotatable bonds is 8. The summed E-state index contributed by atoms with van der Waals surface area (Å²) in [4.78, 5) is 23.8. The third kappa shape index (κ3) is 6.25. The van der Waals surface area contributed by atoms with Crippen LogP contribution in [0.1, 0.15) is 22.3 Å². The van der Waals surface area contributed by atoms with Crippen molar-refractivity contribution in [2.75, 3.05) is 20.2 Å². The highest BCUT2D eigenvalue weighted by molar-refractivity contribution is 5.94. The summed E-state index contributed by atoms with van der Waals surface area (Å²) >= 11 is 0. The molecule has 0 aliphatic carbocycles. The second-order valence-corrected chi connectivity index (χ2v) is 5.46. The van der Waals surface area contributed by atoms with Crippen molar-refractivity contribution in [2.24, 2.45) is 0 Å². The van der Waals surface area contributed by atoms with Crippen LogP contribution in [0.4, 0.5) is 4.39 Å². The molecule has 2 aromatic rings. The summed E-state index contributed by atoms with van der Waals surface area (Å²) in [6, 6.07) is 13.0. The molecular weight excluding hydrogens is 323 g/mol. The van der Waals surface area contributed by atoms with Crippen LogP contribution in [0.3, 0.4) is 0 Å². The Kier molecular flexibility index (Phi) is 6.95. The molecule has 0 radical (unpaired) electrons. The first-order valence-electron chi connectivity index (χ1n) is 8.02. The Hall–Kier alpha value is -2.89. The van der Waals surface area contributed by atoms with Crippen molar-refractivity contribution >= 4 is 11.8 Å². The average Bonchev–Trinajstić information content (AvgIpc) is 2.63. The molecular formula is C19H21FN2O3. The SMILES string of the molecule is COc1cccc(C(=O)NCCC(=O)NCCc2ccc(F)cc2)c1. The normalized spacial score (nSPS) is 10.2. The number of hydrogen-bond acceptors (Lipinski definition) is 3. The molecule has 0 bridgehead atoms. The second kappa shape index (κ2) is 9.42. The van der Waals surface area contributed by atoms with Crippen LogP contribution in [0, 0.1) is 5.82 Å². The Morgan fingerprint density at radius 3 is 2.52 bits per heavy atom. The fraction of sp³-hybridized carbons (Fsp3) is 0.263. The average molecular weight is 344 g/mol. The molecule has 2 amide bonds. The highest BCUT2D eigenvalue weighted by atomic mass is 19.1. The van der Waals surface area contributed by atoms with E-state index in [-0.39, 0.29) is 30.6 Å². The fourth-order valence-corrected chi connectivity index (χ4v) is 2.24. The Balaban J connectivity index is 1.66. The molecule has 0 saturated heterocycles. The Morgan fingerprint density at radius 1 is 1.04 bits per heavy atom. The summed E-state index contributed by atoms with van der Waals surface area (Å²) in [7, 11) is 1.54. The van der Waals surface area contributed by atoms with Gasteiger partial charge in [-0.25, -0.2) is 4.39 Å². The number of nitrogens with one attached hydrogen (secondary N) is 2. The molecule has 0 aromatic heterocycles. The van der Waals surface area contributed by atoms with Crippen molar-refractivity contribution in [1.29, 1.82) is 0 Å². The van der Waals surface area contributed by atoms with Gasteiger partial charge in [-0.3, -0.25) is 9.59 Å². The zero-order valence-corrected chi connectivity index (χ0v) is 14.0. The third-order valence-electron chi connectivity index (χ3n) is 3.62. The van der Waals surface area contributed by atoms with Crippen LogP contribution in [0.2, 0.25) is 0 Å². The molecule has 0 spiro atoms. The topological polar surface area (TPSA) is 67.4 Å². The number of benzene rings is 2. The molecule has 0 saturated carbocycles. The van der Waals surface area contributed by atoms with Crippen LogP contribution in [0.5, 0.6) is 5.75 Å². The maximum absolute atomic E-state index is 12.8. The first-order valence-corrected chi connectivity index (χ1v) is 8.02. The van der Waals surface area contributed by atoms with Crippen molar-refractivity contribution in [2.45, 2.75) is 12.8 Å². The fourth-order valence-electron chi connectivity index (χ4n) is 2.24. The smallest absolute Gasteiger partial charge is 0.251 e. The zero-order valence-electron chi connectivity index (χ0n) is 14.0. The van der Waals surface area contributed by atoms with E-state index in [4.69, 9.17) is 4.74 Å². The lowest BCUT2D eigenvalue weighted by atomic mass is 10.1. The number of carbonyl (C=O) groups is 2. The van der Waals surface area contributed by atoms with Crippen LogP contribution < -0.4 is 15.4 Å². The van der Waals surface area contributed by atoms with Gasteiger partial charge in [-0.1, -0.05) is 18.2 Å². The number of ether oxygens (including phenoxy) is 1. The van der Waals surface area contributed by atoms with E-state index >= 15 is 0 Å². The highest BCUT2D eigenvalue weighted by Crippen LogP contribution is 2.12. The maximum Gasteiger partial charge on any atom is 0.251 e. The predicted molar refractivity (Wildman–Crippen MR) is 93.1 cm³/mol. The minimum atomic E-state index is -0.278. The lowest BCUT2D eigenvalue weighted by Crippen LogP contribution is -2.31. The molecule has 2 aromatic carbocycles. The monoisotopic (exact) mass is 344 g/mol. The van der Waals surface area contributed by atoms with Crippen molar-refractivity contribution < 1.29 is 18.7 Å². The summed E-state index contributed by atoms with van der Waals surface area (Å²) in [5.41, 5.74) is 1.43. The second-order valence-electron chi connectivity index (χ2n) is 5.46. The van der Waals surface area contributed by atoms with Gasteiger partial charge in [0, 0.05) is 25.1 Å². The van der Waals surface area contributed by atoms with E-state index in [2.05, 4.69) is 10.6 Å². The Labute approximate surface area is 146 Å². The van der Waals surface area contributed by atoms with Gasteiger partial charge >= 0.3 is 0 Å². The largest absolute Gasteiger partial charge is 0.497 e. The molecule has 0 fully saturated rings. The van der Waals surface area contributed by atoms with Gasteiger partial charge in [0.25, 0.3) is 5.91 Å². The quantitative estimate of drug-likeness (QED) is 0.772. The van der Waals surface area contributed by atoms with Crippen LogP contribution in [0.15, 0.2) is 48.5 Å². The molecule has 132 valence electrons. The number of carbonyl (C=O) groups excluding carboxylic acids is 2. The summed E-state index contributed by atoms with van der Waals surface area (Å²) in [5.74, 6) is -0.0724. The minimum absolute atomic E-state index is 0.145. The van der Waals surface area contributed by atoms with Gasteiger partial charge in [-0.05, 0) is 42.3 Å². The van der Waals surface area contributed by atoms with Crippen molar-refractivity contribution in [1.82, 2.24) is 10.6 Å². The highest BCUT2D eigenvalue weighted by Gasteiger charge is 2.07. The maximum atomic E-state index is 12.8. The molecule has 6 heteroatoms. The van der Waals surface area contributed by atoms with Gasteiger partial charge in [0.15, 0.2) is 0 Å². The molecule has 0 unspecified atom stereocenters. The van der Waals surface area contributed by atoms with Gasteiger partial charge in [-0.2, -0.15) is 0 Å². The van der Waals surface area contributed by atoms with E-state index in [1.165, 1.54) is 19.2 Å². The summed E-state index contributed by atoms with van der Waals surface area (Å²) < 4.78 is 17.9. The number of hydrogen-bond donors (Lipinski definition) is 2. The van der Waals surface area contributed by atoms with E-state index < -0.39 is 0 Å². The molecule has 2 rings (SSSR count). The van der Waals surface area contributed by atoms with Crippen molar-refractivity contribution in [3.05, 3.63) is 65.5 Å². The first-order chi connectivity index (χ1) is 12.1. The van der Waals surface area contributed by atoms with Crippen LogP contribution in [-0.4, -0.2) is 32.0 Å². The minimum Gasteiger partial charge on any atom is -0.497 e. The summed E-state index contributed by atoms with van der Waals surface area (Å²) in [6.07, 6.45) is 0.821. The van der Waals surface area contributed by atoms with Gasteiger partial charge in [0.2, 0.25) is 5.91 Å². The van der Waals surface area contributed by atoms with Gasteiger partial charge < -0.3 is 15.4 Å². The molecule has 25 heavy (non-hydrogen) atoms. The third-order valence-corrected chi connectivity index (χ3v) is 3.62. The van der Waals surface area contributed by atoms with E-state index in [1.807, 2.05) is 0 Å². The van der Waals surface area contributed by atoms with Gasteiger partial charge in [0.1, 0.15) is 11.6 Å². The molecule has 0 heterocycles. The van der Waals surface area contributed by atoms with Crippen molar-refractivity contribution in [3.63, 3.8) is 0 Å². The number of halogens is 1. The molecule has 0 atom stereocenters. The lowest BCUT2D eigenvalue weighted by molar-refractivity contribution is -0.120. The van der Waals surface area contributed by atoms with E-state index in [0.717, 1.165) is 5.56 Å². The zero-order chi connectivity index (χ0) is 18.1. The number of amides is 2. The van der Waals surface area contributed by atoms with E-state index in [1.54, 1.807) is 36.4 Å². The van der Waals surface area contributed by atoms with Crippen molar-refractivity contribution in [3.8, 4) is 5.75 Å². The number of methoxy groups -OCH3 is 1. The van der Waals surface area contributed by atoms with Gasteiger partial charge in [-0.15, -0.1) is 0 Å². The molecule has 0 aliphatic rings. The Bertz CT molecular complexity index is 717. The standard InChI is InChI=1S/C19H21FN2O3/c1-25-17-4-2-3-15(13-17)19(24)22-12-10-18(23)21-11-9-14-5-7-16(20)8-6-14/h2-8,13H,9-12H2,1H3,(H,21,23)(H,22,24).